The van der Waals surface area contributed by atoms with Crippen LogP contribution < -0.4 is 0 Å². The summed E-state index contributed by atoms with van der Waals surface area (Å²) < 4.78 is 48.3. The number of aromatic amines is 1. The summed E-state index contributed by atoms with van der Waals surface area (Å²) in [6, 6.07) is 7.13. The monoisotopic (exact) mass is 793 g/mol. The van der Waals surface area contributed by atoms with Crippen molar-refractivity contribution in [3.05, 3.63) is 54.5 Å². The number of halogens is 1. The molecule has 5 heterocycles. The molecule has 2 aromatic rings. The van der Waals surface area contributed by atoms with Gasteiger partial charge < -0.3 is 38.7 Å². The van der Waals surface area contributed by atoms with Crippen LogP contribution in [0.1, 0.15) is 80.3 Å². The quantitative estimate of drug-likeness (QED) is 0.159. The van der Waals surface area contributed by atoms with Gasteiger partial charge in [-0.3, -0.25) is 9.59 Å². The molecule has 13 atom stereocenters. The maximum Gasteiger partial charge on any atom is 0.351 e. The number of ketones is 2. The minimum absolute atomic E-state index is 0.000131. The number of aliphatic hydroxyl groups is 1. The maximum absolute atomic E-state index is 16.9. The standard InChI is InChI=1S/C44H60FN3O9/c1-12-34-44(9)35(26(3)24-54-44)28(5)36(49)25(2)22-42(7,53-20-14-15-31-18-17-30(23-47-31)32-16-13-19-46-32)39(29(6)38(51)43(8,45)41(52)56-34)57-40-37(50)33(48(10)11)21-27(4)55-40/h13,16-19,23,25,27-29,33-35,37,39-40,46,50H,3,12,20-22,24H2,1-2,4-11H3/t25-,27-,28?,29+,33+,34-,35+,37-,39-,40+,42-,43?,44-/m1/s1. The van der Waals surface area contributed by atoms with Crippen molar-refractivity contribution in [2.45, 2.75) is 128 Å². The summed E-state index contributed by atoms with van der Waals surface area (Å²) >= 11 is 0. The van der Waals surface area contributed by atoms with E-state index < -0.39 is 76.9 Å². The second-order valence-electron chi connectivity index (χ2n) is 16.9. The largest absolute Gasteiger partial charge is 0.457 e. The molecular weight excluding hydrogens is 733 g/mol. The van der Waals surface area contributed by atoms with Crippen LogP contribution in [0, 0.1) is 35.5 Å². The Bertz CT molecular complexity index is 1820. The number of aromatic nitrogens is 2. The van der Waals surface area contributed by atoms with Gasteiger partial charge >= 0.3 is 5.97 Å². The minimum Gasteiger partial charge on any atom is -0.457 e. The zero-order valence-corrected chi connectivity index (χ0v) is 35.0. The third-order valence-electron chi connectivity index (χ3n) is 12.3. The molecule has 13 heteroatoms. The number of carbonyl (C=O) groups is 3. The molecule has 3 saturated heterocycles. The number of pyridine rings is 1. The van der Waals surface area contributed by atoms with Crippen molar-refractivity contribution in [2.24, 2.45) is 23.7 Å². The van der Waals surface area contributed by atoms with E-state index in [-0.39, 0.29) is 44.0 Å². The third-order valence-corrected chi connectivity index (χ3v) is 12.3. The number of nitrogens with zero attached hydrogens (tertiary/aromatic N) is 2. The van der Waals surface area contributed by atoms with E-state index in [1.54, 1.807) is 46.9 Å². The molecule has 0 aliphatic carbocycles. The summed E-state index contributed by atoms with van der Waals surface area (Å²) in [6.07, 6.45) is -0.883. The van der Waals surface area contributed by atoms with Crippen LogP contribution in [0.5, 0.6) is 0 Å². The van der Waals surface area contributed by atoms with Gasteiger partial charge in [0.1, 0.15) is 35.9 Å². The lowest BCUT2D eigenvalue weighted by Gasteiger charge is -2.47. The lowest BCUT2D eigenvalue weighted by Crippen LogP contribution is -2.61. The summed E-state index contributed by atoms with van der Waals surface area (Å²) in [4.78, 5) is 52.2. The molecule has 12 nitrogen and oxygen atoms in total. The van der Waals surface area contributed by atoms with E-state index in [9.17, 15) is 19.5 Å². The Hall–Kier alpha value is -3.77. The topological polar surface area (TPSA) is 150 Å². The fourth-order valence-corrected chi connectivity index (χ4v) is 9.12. The number of likely N-dealkylation sites (N-methyl/N-ethyl adjacent to an activating group) is 1. The molecule has 3 fully saturated rings. The van der Waals surface area contributed by atoms with Gasteiger partial charge in [-0.1, -0.05) is 40.2 Å². The molecule has 0 amide bonds. The maximum atomic E-state index is 16.9. The van der Waals surface area contributed by atoms with Gasteiger partial charge in [0.2, 0.25) is 0 Å². The smallest absolute Gasteiger partial charge is 0.351 e. The highest BCUT2D eigenvalue weighted by Crippen LogP contribution is 2.47. The van der Waals surface area contributed by atoms with Gasteiger partial charge in [0.05, 0.1) is 24.4 Å². The summed E-state index contributed by atoms with van der Waals surface area (Å²) in [7, 11) is 3.66. The molecule has 0 saturated carbocycles. The fourth-order valence-electron chi connectivity index (χ4n) is 9.12. The van der Waals surface area contributed by atoms with Gasteiger partial charge in [-0.2, -0.15) is 0 Å². The first-order chi connectivity index (χ1) is 26.7. The van der Waals surface area contributed by atoms with Crippen LogP contribution in [0.2, 0.25) is 0 Å². The molecule has 0 aromatic carbocycles. The van der Waals surface area contributed by atoms with Gasteiger partial charge in [-0.25, -0.2) is 14.2 Å². The highest BCUT2D eigenvalue weighted by molar-refractivity contribution is 6.07. The summed E-state index contributed by atoms with van der Waals surface area (Å²) in [5.74, 6) is 0.0662. The van der Waals surface area contributed by atoms with Gasteiger partial charge in [-0.15, -0.1) is 0 Å². The van der Waals surface area contributed by atoms with Crippen LogP contribution in [-0.4, -0.2) is 118 Å². The number of hydrogen-bond acceptors (Lipinski definition) is 11. The molecule has 0 radical (unpaired) electrons. The van der Waals surface area contributed by atoms with E-state index in [4.69, 9.17) is 23.7 Å². The van der Waals surface area contributed by atoms with Crippen molar-refractivity contribution in [2.75, 3.05) is 27.3 Å². The number of alkyl halides is 1. The van der Waals surface area contributed by atoms with Crippen molar-refractivity contribution in [3.63, 3.8) is 0 Å². The first-order valence-electron chi connectivity index (χ1n) is 19.9. The molecule has 0 bridgehead atoms. The minimum atomic E-state index is -3.13. The normalized spacial score (nSPS) is 38.3. The number of carbonyl (C=O) groups excluding carboxylic acids is 3. The average Bonchev–Trinajstić information content (AvgIpc) is 3.82. The third kappa shape index (κ3) is 9.12. The molecule has 2 unspecified atom stereocenters. The van der Waals surface area contributed by atoms with Crippen molar-refractivity contribution >= 4 is 17.5 Å². The lowest BCUT2D eigenvalue weighted by molar-refractivity contribution is -0.296. The van der Waals surface area contributed by atoms with Gasteiger partial charge in [0.25, 0.3) is 5.67 Å². The summed E-state index contributed by atoms with van der Waals surface area (Å²) in [5, 5.41) is 11.6. The number of H-pyrrole nitrogens is 1. The first kappa shape index (κ1) is 44.3. The number of nitrogens with one attached hydrogen (secondary N) is 1. The number of Topliss-reactive ketones (excluding diaryl/α,β-unsaturated/α-hetero) is 2. The molecule has 3 aliphatic heterocycles. The number of esters is 1. The Balaban J connectivity index is 1.57. The molecule has 5 rings (SSSR count). The predicted molar refractivity (Wildman–Crippen MR) is 211 cm³/mol. The Morgan fingerprint density at radius 1 is 1.11 bits per heavy atom. The molecule has 312 valence electrons. The number of fused-ring (bicyclic) bond motifs is 1. The molecule has 0 spiro atoms. The van der Waals surface area contributed by atoms with Crippen LogP contribution >= 0.6 is 0 Å². The highest BCUT2D eigenvalue weighted by Gasteiger charge is 2.58. The zero-order valence-electron chi connectivity index (χ0n) is 35.0. The number of rotatable bonds is 7. The van der Waals surface area contributed by atoms with Crippen LogP contribution in [-0.2, 0) is 38.1 Å². The summed E-state index contributed by atoms with van der Waals surface area (Å²) in [6.45, 7) is 17.1. The highest BCUT2D eigenvalue weighted by atomic mass is 19.1. The second kappa shape index (κ2) is 17.6. The van der Waals surface area contributed by atoms with Gasteiger partial charge in [-0.05, 0) is 96.8 Å². The van der Waals surface area contributed by atoms with E-state index in [1.807, 2.05) is 50.3 Å². The lowest BCUT2D eigenvalue weighted by atomic mass is 9.69. The Morgan fingerprint density at radius 2 is 1.82 bits per heavy atom. The van der Waals surface area contributed by atoms with Crippen molar-refractivity contribution in [1.82, 2.24) is 14.9 Å². The fraction of sp³-hybridized carbons (Fsp3) is 0.636. The molecular formula is C44H60FN3O9. The van der Waals surface area contributed by atoms with Crippen molar-refractivity contribution in [1.29, 1.82) is 0 Å². The second-order valence-corrected chi connectivity index (χ2v) is 16.9. The number of ether oxygens (including phenoxy) is 5. The number of hydrogen-bond donors (Lipinski definition) is 2. The first-order valence-corrected chi connectivity index (χ1v) is 19.9. The zero-order chi connectivity index (χ0) is 42.0. The SMILES string of the molecule is C=C1CO[C@]2(C)[C@@H](CC)OC(=O)C(C)(F)C(=O)[C@H](C)[C@@H](O[C@@H]3O[C@H](C)C[C@H](N(C)C)[C@H]3O)[C@](C)(OCC#Cc3ccc(-c4ccc[nH]4)cn3)C[C@@H](C)C(=O)C(C)[C@H]12. The van der Waals surface area contributed by atoms with E-state index in [2.05, 4.69) is 28.4 Å². The van der Waals surface area contributed by atoms with Crippen LogP contribution in [0.3, 0.4) is 0 Å². The molecule has 3 aliphatic rings. The Labute approximate surface area is 336 Å². The summed E-state index contributed by atoms with van der Waals surface area (Å²) in [5.41, 5.74) is -2.94. The van der Waals surface area contributed by atoms with E-state index >= 15 is 4.39 Å². The van der Waals surface area contributed by atoms with Gasteiger partial charge in [0, 0.05) is 53.4 Å². The van der Waals surface area contributed by atoms with Crippen LogP contribution in [0.4, 0.5) is 4.39 Å². The predicted octanol–water partition coefficient (Wildman–Crippen LogP) is 5.48. The molecule has 2 aromatic heterocycles. The van der Waals surface area contributed by atoms with Crippen LogP contribution in [0.25, 0.3) is 11.3 Å². The van der Waals surface area contributed by atoms with E-state index in [0.717, 1.165) is 18.2 Å². The van der Waals surface area contributed by atoms with Crippen molar-refractivity contribution in [3.8, 4) is 23.1 Å². The average molecular weight is 794 g/mol. The Morgan fingerprint density at radius 3 is 2.44 bits per heavy atom. The number of aliphatic hydroxyl groups excluding tert-OH is 1. The van der Waals surface area contributed by atoms with Crippen LogP contribution in [0.15, 0.2) is 48.8 Å². The molecule has 57 heavy (non-hydrogen) atoms. The molecule has 2 N–H and O–H groups in total. The number of cyclic esters (lactones) is 1. The van der Waals surface area contributed by atoms with E-state index in [1.165, 1.54) is 6.92 Å². The van der Waals surface area contributed by atoms with Crippen molar-refractivity contribution < 1.29 is 47.6 Å². The van der Waals surface area contributed by atoms with Gasteiger partial charge in [0.15, 0.2) is 12.1 Å². The Kier molecular flexibility index (Phi) is 13.7. The van der Waals surface area contributed by atoms with E-state index in [0.29, 0.717) is 17.7 Å².